The Morgan fingerprint density at radius 3 is 3.04 bits per heavy atom. The van der Waals surface area contributed by atoms with Gasteiger partial charge in [-0.25, -0.2) is 4.98 Å². The van der Waals surface area contributed by atoms with Gasteiger partial charge in [0.15, 0.2) is 0 Å². The molecular weight excluding hydrogens is 294 g/mol. The van der Waals surface area contributed by atoms with Gasteiger partial charge in [0.25, 0.3) is 5.91 Å². The molecule has 0 radical (unpaired) electrons. The van der Waals surface area contributed by atoms with Crippen molar-refractivity contribution in [3.63, 3.8) is 0 Å². The number of hydrogen-bond donors (Lipinski definition) is 4. The van der Waals surface area contributed by atoms with Crippen LogP contribution in [-0.4, -0.2) is 38.6 Å². The molecule has 0 spiro atoms. The van der Waals surface area contributed by atoms with Crippen LogP contribution < -0.4 is 16.4 Å². The van der Waals surface area contributed by atoms with E-state index in [0.29, 0.717) is 6.20 Å². The number of carbonyl (C=O) groups is 1. The summed E-state index contributed by atoms with van der Waals surface area (Å²) in [7, 11) is 0. The van der Waals surface area contributed by atoms with Gasteiger partial charge in [-0.1, -0.05) is 6.85 Å². The first-order valence-electron chi connectivity index (χ1n) is 13.9. The standard InChI is InChI=1S/C16H27N5O2/c1-9-5-6-10(7-12(9)22)19-14-11(13(17)23)8-18-15(20-14)21-16(2,3)4/h8-10,12,22H,5-7H2,1-4H3,(H2,17,23)(H2,18,19,20,21)/i1D3,2D3,5D2,6D2,7D2,9D,10D,12D. The number of anilines is 2. The van der Waals surface area contributed by atoms with Gasteiger partial charge in [0.05, 0.1) is 14.4 Å². The van der Waals surface area contributed by atoms with Crippen LogP contribution in [0.3, 0.4) is 0 Å². The van der Waals surface area contributed by atoms with Gasteiger partial charge < -0.3 is 21.5 Å². The van der Waals surface area contributed by atoms with Crippen molar-refractivity contribution in [1.82, 2.24) is 9.97 Å². The van der Waals surface area contributed by atoms with Crippen molar-refractivity contribution in [3.05, 3.63) is 11.8 Å². The number of aliphatic hydroxyl groups is 1. The monoisotopic (exact) mass is 336 g/mol. The van der Waals surface area contributed by atoms with Crippen LogP contribution in [0.25, 0.3) is 0 Å². The van der Waals surface area contributed by atoms with E-state index in [1.807, 2.05) is 5.32 Å². The van der Waals surface area contributed by atoms with Crippen LogP contribution in [0.5, 0.6) is 0 Å². The minimum Gasteiger partial charge on any atom is -0.393 e. The third kappa shape index (κ3) is 4.79. The van der Waals surface area contributed by atoms with E-state index in [2.05, 4.69) is 15.3 Å². The zero-order chi connectivity index (χ0) is 30.3. The number of amides is 1. The molecule has 5 N–H and O–H groups in total. The lowest BCUT2D eigenvalue weighted by Gasteiger charge is -2.32. The lowest BCUT2D eigenvalue weighted by atomic mass is 9.85. The molecule has 7 heteroatoms. The quantitative estimate of drug-likeness (QED) is 0.666. The maximum absolute atomic E-state index is 12.0. The first kappa shape index (κ1) is 6.20. The summed E-state index contributed by atoms with van der Waals surface area (Å²) in [5.41, 5.74) is 2.85. The van der Waals surface area contributed by atoms with E-state index in [1.165, 1.54) is 13.8 Å². The van der Waals surface area contributed by atoms with Gasteiger partial charge in [-0.15, -0.1) is 0 Å². The number of primary amides is 1. The Morgan fingerprint density at radius 1 is 1.61 bits per heavy atom. The maximum Gasteiger partial charge on any atom is 0.254 e. The van der Waals surface area contributed by atoms with Crippen molar-refractivity contribution in [1.29, 1.82) is 0 Å². The molecule has 1 aliphatic carbocycles. The number of aromatic nitrogens is 2. The summed E-state index contributed by atoms with van der Waals surface area (Å²) >= 11 is 0. The summed E-state index contributed by atoms with van der Waals surface area (Å²) in [6, 6.07) is -3.86. The molecule has 2 rings (SSSR count). The van der Waals surface area contributed by atoms with Crippen LogP contribution in [0.1, 0.15) is 77.6 Å². The van der Waals surface area contributed by atoms with Crippen LogP contribution in [0.4, 0.5) is 11.8 Å². The Kier molecular flexibility index (Phi) is 1.81. The number of nitrogens with one attached hydrogen (secondary N) is 2. The molecule has 0 saturated heterocycles. The molecule has 23 heavy (non-hydrogen) atoms. The smallest absolute Gasteiger partial charge is 0.254 e. The highest BCUT2D eigenvalue weighted by Gasteiger charge is 2.27. The van der Waals surface area contributed by atoms with Crippen LogP contribution >= 0.6 is 0 Å². The molecule has 1 aliphatic rings. The van der Waals surface area contributed by atoms with Crippen molar-refractivity contribution in [2.75, 3.05) is 10.6 Å². The summed E-state index contributed by atoms with van der Waals surface area (Å²) in [5, 5.41) is 15.1. The highest BCUT2D eigenvalue weighted by atomic mass is 16.3. The fourth-order valence-corrected chi connectivity index (χ4v) is 1.57. The summed E-state index contributed by atoms with van der Waals surface area (Å²) in [5.74, 6) is -6.95. The third-order valence-electron chi connectivity index (χ3n) is 2.51. The fraction of sp³-hybridized carbons (Fsp3) is 0.688. The molecule has 1 fully saturated rings. The van der Waals surface area contributed by atoms with E-state index >= 15 is 0 Å². The van der Waals surface area contributed by atoms with E-state index in [-0.39, 0.29) is 0 Å². The predicted molar refractivity (Wildman–Crippen MR) is 90.4 cm³/mol. The molecule has 1 saturated carbocycles. The van der Waals surface area contributed by atoms with Crippen molar-refractivity contribution in [3.8, 4) is 0 Å². The molecule has 128 valence electrons. The second-order valence-electron chi connectivity index (χ2n) is 5.17. The second kappa shape index (κ2) is 6.70. The molecule has 1 aromatic rings. The zero-order valence-corrected chi connectivity index (χ0v) is 12.4. The molecular formula is C16H27N5O2. The molecule has 3 atom stereocenters. The van der Waals surface area contributed by atoms with Gasteiger partial charge >= 0.3 is 0 Å². The van der Waals surface area contributed by atoms with E-state index in [1.54, 1.807) is 0 Å². The van der Waals surface area contributed by atoms with Gasteiger partial charge in [-0.05, 0) is 45.7 Å². The predicted octanol–water partition coefficient (Wildman–Crippen LogP) is 1.75. The highest BCUT2D eigenvalue weighted by molar-refractivity contribution is 5.97. The Morgan fingerprint density at radius 2 is 2.39 bits per heavy atom. The second-order valence-corrected chi connectivity index (χ2v) is 5.17. The number of carbonyl (C=O) groups excluding carboxylic acids is 1. The van der Waals surface area contributed by atoms with Crippen LogP contribution in [0, 0.1) is 5.89 Å². The van der Waals surface area contributed by atoms with Gasteiger partial charge in [0.2, 0.25) is 5.95 Å². The van der Waals surface area contributed by atoms with Crippen LogP contribution in [-0.2, 0) is 0 Å². The number of hydrogen-bond acceptors (Lipinski definition) is 6. The SMILES string of the molecule is [2H]C([2H])([2H])C(C)(C)Nc1ncc(C(N)=O)c(NC2([2H])C([2H])([2H])C([2H])([2H])C([2H])(C([2H])([2H])[2H])C([2H])(O)C2([2H])[2H])n1. The lowest BCUT2D eigenvalue weighted by molar-refractivity contribution is 0.0739. The molecule has 0 aromatic carbocycles. The largest absolute Gasteiger partial charge is 0.393 e. The van der Waals surface area contributed by atoms with E-state index in [9.17, 15) is 9.90 Å². The van der Waals surface area contributed by atoms with Gasteiger partial charge in [-0.2, -0.15) is 4.98 Å². The van der Waals surface area contributed by atoms with Gasteiger partial charge in [0.1, 0.15) is 5.82 Å². The molecule has 1 heterocycles. The number of nitrogens with zero attached hydrogens (tertiary/aromatic N) is 2. The van der Waals surface area contributed by atoms with Crippen molar-refractivity contribution >= 4 is 17.7 Å². The molecule has 3 unspecified atom stereocenters. The van der Waals surface area contributed by atoms with E-state index < -0.39 is 79.6 Å². The van der Waals surface area contributed by atoms with E-state index in [0.717, 1.165) is 0 Å². The lowest BCUT2D eigenvalue weighted by Crippen LogP contribution is -2.36. The molecule has 1 amide bonds. The summed E-state index contributed by atoms with van der Waals surface area (Å²) in [4.78, 5) is 19.5. The maximum atomic E-state index is 12.0. The Labute approximate surface area is 158 Å². The Balaban J connectivity index is 2.85. The Bertz CT molecular complexity index is 1090. The van der Waals surface area contributed by atoms with Crippen LogP contribution in [0.2, 0.25) is 0 Å². The summed E-state index contributed by atoms with van der Waals surface area (Å²) in [6.45, 7) is -4.13. The van der Waals surface area contributed by atoms with Crippen molar-refractivity contribution in [2.45, 2.75) is 64.3 Å². The fourth-order valence-electron chi connectivity index (χ4n) is 1.57. The van der Waals surface area contributed by atoms with Crippen molar-refractivity contribution < 1.29 is 30.5 Å². The summed E-state index contributed by atoms with van der Waals surface area (Å²) < 4.78 is 120. The topological polar surface area (TPSA) is 113 Å². The minimum atomic E-state index is -4.31. The normalized spacial score (nSPS) is 51.9. The molecule has 1 aromatic heterocycles. The summed E-state index contributed by atoms with van der Waals surface area (Å²) in [6.07, 6.45) is -15.8. The first-order chi connectivity index (χ1) is 16.5. The van der Waals surface area contributed by atoms with Crippen LogP contribution in [0.15, 0.2) is 6.20 Å². The van der Waals surface area contributed by atoms with Crippen molar-refractivity contribution in [2.24, 2.45) is 11.6 Å². The molecule has 0 bridgehead atoms. The first-order valence-corrected chi connectivity index (χ1v) is 6.43. The highest BCUT2D eigenvalue weighted by Crippen LogP contribution is 2.27. The number of rotatable bonds is 4. The Hall–Kier alpha value is -1.89. The zero-order valence-electron chi connectivity index (χ0n) is 27.4. The molecule has 0 aliphatic heterocycles. The third-order valence-corrected chi connectivity index (χ3v) is 2.51. The minimum absolute atomic E-state index is 0.541. The average Bonchev–Trinajstić information content (AvgIpc) is 2.69. The van der Waals surface area contributed by atoms with Gasteiger partial charge in [0, 0.05) is 35.6 Å². The number of nitrogens with two attached hydrogens (primary N) is 1. The molecule has 7 nitrogen and oxygen atoms in total. The average molecular weight is 337 g/mol. The van der Waals surface area contributed by atoms with Gasteiger partial charge in [-0.3, -0.25) is 4.79 Å². The van der Waals surface area contributed by atoms with E-state index in [4.69, 9.17) is 26.3 Å².